The van der Waals surface area contributed by atoms with Crippen molar-refractivity contribution in [1.82, 2.24) is 0 Å². The Hall–Kier alpha value is -1.58. The highest BCUT2D eigenvalue weighted by atomic mass is 35.5. The minimum Gasteiger partial charge on any atom is -0.491 e. The van der Waals surface area contributed by atoms with Gasteiger partial charge in [0, 0.05) is 6.07 Å². The summed E-state index contributed by atoms with van der Waals surface area (Å²) in [6.45, 7) is 2.63. The van der Waals surface area contributed by atoms with E-state index in [2.05, 4.69) is 0 Å². The molecule has 0 aliphatic heterocycles. The molecule has 0 unspecified atom stereocenters. The highest BCUT2D eigenvalue weighted by Crippen LogP contribution is 2.36. The summed E-state index contributed by atoms with van der Waals surface area (Å²) in [6.07, 6.45) is 0.907. The first-order valence-corrected chi connectivity index (χ1v) is 7.01. The van der Waals surface area contributed by atoms with E-state index in [9.17, 15) is 0 Å². The van der Waals surface area contributed by atoms with Crippen molar-refractivity contribution in [3.8, 4) is 17.2 Å². The van der Waals surface area contributed by atoms with Crippen molar-refractivity contribution in [2.24, 2.45) is 0 Å². The van der Waals surface area contributed by atoms with Crippen LogP contribution in [0.15, 0.2) is 36.4 Å². The fraction of sp³-hybridized carbons (Fsp3) is 0.200. The van der Waals surface area contributed by atoms with Crippen LogP contribution in [0.2, 0.25) is 10.0 Å². The van der Waals surface area contributed by atoms with Gasteiger partial charge in [-0.3, -0.25) is 0 Å². The number of hydrogen-bond donors (Lipinski definition) is 1. The summed E-state index contributed by atoms with van der Waals surface area (Å²) in [4.78, 5) is 0. The molecule has 2 rings (SSSR count). The van der Waals surface area contributed by atoms with Crippen molar-refractivity contribution in [1.29, 1.82) is 0 Å². The molecule has 0 aromatic heterocycles. The Kier molecular flexibility index (Phi) is 4.99. The topological polar surface area (TPSA) is 44.5 Å². The molecular formula is C15H15Cl2NO2. The zero-order valence-electron chi connectivity index (χ0n) is 11.0. The molecule has 20 heavy (non-hydrogen) atoms. The van der Waals surface area contributed by atoms with Crippen molar-refractivity contribution in [3.63, 3.8) is 0 Å². The van der Waals surface area contributed by atoms with Crippen LogP contribution in [0.5, 0.6) is 17.2 Å². The molecule has 0 spiro atoms. The SMILES string of the molecule is CCCOc1cc(Oc2cccc(Cl)c2Cl)ccc1N. The monoisotopic (exact) mass is 311 g/mol. The lowest BCUT2D eigenvalue weighted by atomic mass is 10.2. The lowest BCUT2D eigenvalue weighted by molar-refractivity contribution is 0.317. The molecule has 0 heterocycles. The molecular weight excluding hydrogens is 297 g/mol. The van der Waals surface area contributed by atoms with Crippen molar-refractivity contribution >= 4 is 28.9 Å². The average Bonchev–Trinajstić information content (AvgIpc) is 2.44. The first kappa shape index (κ1) is 14.8. The van der Waals surface area contributed by atoms with E-state index in [0.29, 0.717) is 39.6 Å². The van der Waals surface area contributed by atoms with Gasteiger partial charge in [-0.2, -0.15) is 0 Å². The predicted molar refractivity (Wildman–Crippen MR) is 83.2 cm³/mol. The second-order valence-corrected chi connectivity index (χ2v) is 4.99. The van der Waals surface area contributed by atoms with E-state index in [-0.39, 0.29) is 0 Å². The van der Waals surface area contributed by atoms with Crippen LogP contribution in [0.1, 0.15) is 13.3 Å². The van der Waals surface area contributed by atoms with Crippen LogP contribution in [0.25, 0.3) is 0 Å². The van der Waals surface area contributed by atoms with Crippen LogP contribution in [0.4, 0.5) is 5.69 Å². The summed E-state index contributed by atoms with van der Waals surface area (Å²) in [7, 11) is 0. The number of ether oxygens (including phenoxy) is 2. The maximum atomic E-state index is 6.08. The molecule has 2 aromatic rings. The average molecular weight is 312 g/mol. The molecule has 0 fully saturated rings. The second kappa shape index (κ2) is 6.73. The van der Waals surface area contributed by atoms with Gasteiger partial charge in [-0.15, -0.1) is 0 Å². The zero-order valence-corrected chi connectivity index (χ0v) is 12.5. The standard InChI is InChI=1S/C15H15Cl2NO2/c1-2-8-19-14-9-10(6-7-12(14)18)20-13-5-3-4-11(16)15(13)17/h3-7,9H,2,8,18H2,1H3. The summed E-state index contributed by atoms with van der Waals surface area (Å²) in [5, 5.41) is 0.823. The van der Waals surface area contributed by atoms with Crippen molar-refractivity contribution in [2.75, 3.05) is 12.3 Å². The Labute approximate surface area is 128 Å². The quantitative estimate of drug-likeness (QED) is 0.776. The van der Waals surface area contributed by atoms with Gasteiger partial charge in [0.1, 0.15) is 22.3 Å². The molecule has 5 heteroatoms. The molecule has 0 atom stereocenters. The van der Waals surface area contributed by atoms with Gasteiger partial charge in [-0.25, -0.2) is 0 Å². The molecule has 2 N–H and O–H groups in total. The summed E-state index contributed by atoms with van der Waals surface area (Å²) in [6, 6.07) is 10.5. The van der Waals surface area contributed by atoms with Gasteiger partial charge < -0.3 is 15.2 Å². The van der Waals surface area contributed by atoms with E-state index in [0.717, 1.165) is 6.42 Å². The van der Waals surface area contributed by atoms with Gasteiger partial charge in [-0.05, 0) is 30.7 Å². The molecule has 0 radical (unpaired) electrons. The molecule has 0 aliphatic rings. The van der Waals surface area contributed by atoms with Gasteiger partial charge >= 0.3 is 0 Å². The van der Waals surface area contributed by atoms with Crippen LogP contribution >= 0.6 is 23.2 Å². The third-order valence-electron chi connectivity index (χ3n) is 2.59. The van der Waals surface area contributed by atoms with Crippen molar-refractivity contribution in [3.05, 3.63) is 46.4 Å². The summed E-state index contributed by atoms with van der Waals surface area (Å²) >= 11 is 12.0. The van der Waals surface area contributed by atoms with Crippen LogP contribution in [-0.4, -0.2) is 6.61 Å². The molecule has 0 saturated carbocycles. The summed E-state index contributed by atoms with van der Waals surface area (Å²) in [5.41, 5.74) is 6.42. The summed E-state index contributed by atoms with van der Waals surface area (Å²) in [5.74, 6) is 1.68. The Morgan fingerprint density at radius 3 is 2.65 bits per heavy atom. The van der Waals surface area contributed by atoms with Gasteiger partial charge in [0.25, 0.3) is 0 Å². The van der Waals surface area contributed by atoms with E-state index in [1.165, 1.54) is 0 Å². The minimum absolute atomic E-state index is 0.377. The first-order valence-electron chi connectivity index (χ1n) is 6.26. The second-order valence-electron chi connectivity index (χ2n) is 4.20. The number of nitrogens with two attached hydrogens (primary N) is 1. The Morgan fingerprint density at radius 2 is 1.90 bits per heavy atom. The summed E-state index contributed by atoms with van der Waals surface area (Å²) < 4.78 is 11.3. The molecule has 2 aromatic carbocycles. The number of hydrogen-bond acceptors (Lipinski definition) is 3. The fourth-order valence-electron chi connectivity index (χ4n) is 1.61. The van der Waals surface area contributed by atoms with Crippen molar-refractivity contribution < 1.29 is 9.47 Å². The van der Waals surface area contributed by atoms with Crippen LogP contribution in [-0.2, 0) is 0 Å². The predicted octanol–water partition coefficient (Wildman–Crippen LogP) is 5.16. The lowest BCUT2D eigenvalue weighted by Crippen LogP contribution is -1.99. The number of nitrogen functional groups attached to an aromatic ring is 1. The molecule has 3 nitrogen and oxygen atoms in total. The van der Waals surface area contributed by atoms with Gasteiger partial charge in [-0.1, -0.05) is 36.2 Å². The maximum absolute atomic E-state index is 6.08. The number of anilines is 1. The largest absolute Gasteiger partial charge is 0.491 e. The van der Waals surface area contributed by atoms with E-state index in [1.54, 1.807) is 36.4 Å². The normalized spacial score (nSPS) is 10.3. The van der Waals surface area contributed by atoms with Gasteiger partial charge in [0.05, 0.1) is 17.3 Å². The van der Waals surface area contributed by atoms with Crippen molar-refractivity contribution in [2.45, 2.75) is 13.3 Å². The van der Waals surface area contributed by atoms with E-state index < -0.39 is 0 Å². The number of benzene rings is 2. The fourth-order valence-corrected chi connectivity index (χ4v) is 1.94. The molecule has 106 valence electrons. The third kappa shape index (κ3) is 3.50. The van der Waals surface area contributed by atoms with E-state index >= 15 is 0 Å². The molecule has 0 saturated heterocycles. The zero-order chi connectivity index (χ0) is 14.5. The van der Waals surface area contributed by atoms with E-state index in [1.807, 2.05) is 6.92 Å². The number of rotatable bonds is 5. The van der Waals surface area contributed by atoms with E-state index in [4.69, 9.17) is 38.4 Å². The van der Waals surface area contributed by atoms with Gasteiger partial charge in [0.15, 0.2) is 0 Å². The highest BCUT2D eigenvalue weighted by Gasteiger charge is 2.08. The Bertz CT molecular complexity index is 602. The van der Waals surface area contributed by atoms with Crippen LogP contribution < -0.4 is 15.2 Å². The minimum atomic E-state index is 0.377. The lowest BCUT2D eigenvalue weighted by Gasteiger charge is -2.12. The highest BCUT2D eigenvalue weighted by molar-refractivity contribution is 6.42. The number of halogens is 2. The molecule has 0 aliphatic carbocycles. The Morgan fingerprint density at radius 1 is 1.10 bits per heavy atom. The first-order chi connectivity index (χ1) is 9.61. The third-order valence-corrected chi connectivity index (χ3v) is 3.39. The Balaban J connectivity index is 2.23. The maximum Gasteiger partial charge on any atom is 0.147 e. The van der Waals surface area contributed by atoms with Crippen LogP contribution in [0, 0.1) is 0 Å². The molecule has 0 amide bonds. The smallest absolute Gasteiger partial charge is 0.147 e. The van der Waals surface area contributed by atoms with Gasteiger partial charge in [0.2, 0.25) is 0 Å². The van der Waals surface area contributed by atoms with Crippen LogP contribution in [0.3, 0.4) is 0 Å². The molecule has 0 bridgehead atoms.